The molecule has 0 saturated carbocycles. The van der Waals surface area contributed by atoms with Crippen LogP contribution in [-0.4, -0.2) is 9.38 Å². The Hall–Kier alpha value is -1.89. The molecule has 0 saturated heterocycles. The molecule has 3 aromatic rings. The first-order chi connectivity index (χ1) is 9.28. The molecule has 1 aromatic carbocycles. The smallest absolute Gasteiger partial charge is 0.193 e. The predicted molar refractivity (Wildman–Crippen MR) is 77.7 cm³/mol. The number of nitrogens with zero attached hydrogens (tertiary/aromatic N) is 2. The van der Waals surface area contributed by atoms with Gasteiger partial charge in [-0.15, -0.1) is 11.3 Å². The Bertz CT molecular complexity index is 658. The fraction of sp³-hybridized carbons (Fsp3) is 0.154. The van der Waals surface area contributed by atoms with Crippen LogP contribution in [0.2, 0.25) is 0 Å². The third kappa shape index (κ3) is 2.33. The number of benzene rings is 1. The van der Waals surface area contributed by atoms with Gasteiger partial charge in [-0.3, -0.25) is 15.7 Å². The van der Waals surface area contributed by atoms with Crippen LogP contribution in [0.4, 0.5) is 5.69 Å². The zero-order valence-electron chi connectivity index (χ0n) is 10.3. The number of imidazole rings is 1. The third-order valence-electron chi connectivity index (χ3n) is 3.13. The number of fused-ring (bicyclic) bond motifs is 1. The van der Waals surface area contributed by atoms with E-state index in [1.807, 2.05) is 46.4 Å². The molecule has 0 fully saturated rings. The second-order valence-electron chi connectivity index (χ2n) is 4.38. The van der Waals surface area contributed by atoms with E-state index >= 15 is 0 Å². The van der Waals surface area contributed by atoms with E-state index in [9.17, 15) is 0 Å². The Morgan fingerprint density at radius 1 is 1.37 bits per heavy atom. The minimum Gasteiger partial charge on any atom is -0.398 e. The zero-order chi connectivity index (χ0) is 13.2. The van der Waals surface area contributed by atoms with Gasteiger partial charge in [0.2, 0.25) is 0 Å². The number of rotatable bonds is 4. The maximum atomic E-state index is 5.99. The van der Waals surface area contributed by atoms with Crippen LogP contribution < -0.4 is 17.0 Å². The molecule has 5 N–H and O–H groups in total. The molecule has 0 spiro atoms. The normalized spacial score (nSPS) is 12.9. The molecule has 0 aliphatic carbocycles. The van der Waals surface area contributed by atoms with E-state index < -0.39 is 0 Å². The Kier molecular flexibility index (Phi) is 3.20. The van der Waals surface area contributed by atoms with Crippen LogP contribution in [0.3, 0.4) is 0 Å². The van der Waals surface area contributed by atoms with Gasteiger partial charge in [-0.1, -0.05) is 18.2 Å². The highest BCUT2D eigenvalue weighted by Gasteiger charge is 2.15. The lowest BCUT2D eigenvalue weighted by Gasteiger charge is -2.16. The first-order valence-electron chi connectivity index (χ1n) is 5.99. The minimum atomic E-state index is -0.0363. The first kappa shape index (κ1) is 12.2. The van der Waals surface area contributed by atoms with Gasteiger partial charge in [-0.2, -0.15) is 0 Å². The maximum Gasteiger partial charge on any atom is 0.193 e. The van der Waals surface area contributed by atoms with Gasteiger partial charge in [-0.05, 0) is 11.6 Å². The molecule has 0 bridgehead atoms. The van der Waals surface area contributed by atoms with Crippen LogP contribution in [0.5, 0.6) is 0 Å². The Morgan fingerprint density at radius 3 is 2.95 bits per heavy atom. The zero-order valence-corrected chi connectivity index (χ0v) is 11.1. The molecule has 0 aliphatic rings. The largest absolute Gasteiger partial charge is 0.398 e. The molecule has 0 radical (unpaired) electrons. The summed E-state index contributed by atoms with van der Waals surface area (Å²) in [6, 6.07) is 7.70. The second kappa shape index (κ2) is 5.00. The number of hydrazine groups is 1. The maximum absolute atomic E-state index is 5.99. The summed E-state index contributed by atoms with van der Waals surface area (Å²) in [5, 5.41) is 2.01. The number of thiazole rings is 1. The summed E-state index contributed by atoms with van der Waals surface area (Å²) >= 11 is 1.62. The van der Waals surface area contributed by atoms with Crippen molar-refractivity contribution in [3.63, 3.8) is 0 Å². The van der Waals surface area contributed by atoms with Gasteiger partial charge in [0.25, 0.3) is 0 Å². The highest BCUT2D eigenvalue weighted by atomic mass is 32.1. The van der Waals surface area contributed by atoms with Crippen molar-refractivity contribution in [2.45, 2.75) is 12.5 Å². The lowest BCUT2D eigenvalue weighted by Crippen LogP contribution is -2.30. The number of nitrogens with one attached hydrogen (secondary N) is 1. The van der Waals surface area contributed by atoms with E-state index in [1.54, 1.807) is 11.3 Å². The van der Waals surface area contributed by atoms with Gasteiger partial charge in [0.1, 0.15) is 0 Å². The van der Waals surface area contributed by atoms with Crippen molar-refractivity contribution in [3.05, 3.63) is 53.3 Å². The van der Waals surface area contributed by atoms with Gasteiger partial charge < -0.3 is 5.73 Å². The Balaban J connectivity index is 1.87. The highest BCUT2D eigenvalue weighted by molar-refractivity contribution is 7.15. The van der Waals surface area contributed by atoms with Crippen molar-refractivity contribution in [1.29, 1.82) is 0 Å². The second-order valence-corrected chi connectivity index (χ2v) is 5.25. The van der Waals surface area contributed by atoms with Crippen molar-refractivity contribution >= 4 is 22.0 Å². The number of nitrogens with two attached hydrogens (primary N) is 2. The number of nitrogen functional groups attached to an aromatic ring is 1. The molecule has 1 unspecified atom stereocenters. The Morgan fingerprint density at radius 2 is 2.21 bits per heavy atom. The van der Waals surface area contributed by atoms with E-state index in [0.717, 1.165) is 21.9 Å². The summed E-state index contributed by atoms with van der Waals surface area (Å²) in [7, 11) is 0. The fourth-order valence-corrected chi connectivity index (χ4v) is 2.89. The van der Waals surface area contributed by atoms with E-state index in [4.69, 9.17) is 11.6 Å². The number of hydrogen-bond acceptors (Lipinski definition) is 5. The van der Waals surface area contributed by atoms with E-state index in [2.05, 4.69) is 10.4 Å². The summed E-state index contributed by atoms with van der Waals surface area (Å²) in [5.74, 6) is 5.65. The van der Waals surface area contributed by atoms with Crippen LogP contribution >= 0.6 is 11.3 Å². The van der Waals surface area contributed by atoms with Crippen LogP contribution in [0, 0.1) is 0 Å². The molecule has 3 rings (SSSR count). The van der Waals surface area contributed by atoms with Gasteiger partial charge in [0.05, 0.1) is 11.7 Å². The molecule has 98 valence electrons. The van der Waals surface area contributed by atoms with E-state index in [0.29, 0.717) is 6.42 Å². The average Bonchev–Trinajstić information content (AvgIpc) is 2.97. The molecule has 0 aliphatic heterocycles. The van der Waals surface area contributed by atoms with Crippen molar-refractivity contribution in [1.82, 2.24) is 14.8 Å². The molecular weight excluding hydrogens is 258 g/mol. The topological polar surface area (TPSA) is 81.4 Å². The molecule has 1 atom stereocenters. The van der Waals surface area contributed by atoms with Crippen molar-refractivity contribution in [3.8, 4) is 0 Å². The molecule has 2 aromatic heterocycles. The quantitative estimate of drug-likeness (QED) is 0.384. The number of para-hydroxylation sites is 1. The van der Waals surface area contributed by atoms with E-state index in [1.165, 1.54) is 0 Å². The van der Waals surface area contributed by atoms with Crippen molar-refractivity contribution in [2.75, 3.05) is 5.73 Å². The molecule has 2 heterocycles. The molecule has 0 amide bonds. The summed E-state index contributed by atoms with van der Waals surface area (Å²) < 4.78 is 2.02. The highest BCUT2D eigenvalue weighted by Crippen LogP contribution is 2.23. The van der Waals surface area contributed by atoms with Crippen LogP contribution in [0.25, 0.3) is 4.96 Å². The van der Waals surface area contributed by atoms with Crippen LogP contribution in [0.15, 0.2) is 42.0 Å². The van der Waals surface area contributed by atoms with Crippen molar-refractivity contribution in [2.24, 2.45) is 5.84 Å². The van der Waals surface area contributed by atoms with Gasteiger partial charge in [0, 0.05) is 29.9 Å². The van der Waals surface area contributed by atoms with Crippen LogP contribution in [-0.2, 0) is 6.42 Å². The summed E-state index contributed by atoms with van der Waals surface area (Å²) in [4.78, 5) is 5.55. The first-order valence-corrected chi connectivity index (χ1v) is 6.87. The van der Waals surface area contributed by atoms with Gasteiger partial charge in [0.15, 0.2) is 4.96 Å². The molecule has 5 nitrogen and oxygen atoms in total. The van der Waals surface area contributed by atoms with Crippen molar-refractivity contribution < 1.29 is 0 Å². The Labute approximate surface area is 114 Å². The standard InChI is InChI=1S/C13H15N5S/c14-11-4-2-1-3-10(11)12(17-15)7-9-8-18-5-6-19-13(18)16-9/h1-6,8,12,17H,7,14-15H2. The fourth-order valence-electron chi connectivity index (χ4n) is 2.17. The molecular formula is C13H15N5S. The molecule has 6 heteroatoms. The lowest BCUT2D eigenvalue weighted by molar-refractivity contribution is 0.548. The van der Waals surface area contributed by atoms with Gasteiger partial charge in [-0.25, -0.2) is 4.98 Å². The number of aromatic nitrogens is 2. The number of hydrogen-bond donors (Lipinski definition) is 3. The lowest BCUT2D eigenvalue weighted by atomic mass is 10.0. The summed E-state index contributed by atoms with van der Waals surface area (Å²) in [6.45, 7) is 0. The SMILES string of the molecule is NNC(Cc1cn2ccsc2n1)c1ccccc1N. The summed E-state index contributed by atoms with van der Waals surface area (Å²) in [5.41, 5.74) is 11.5. The summed E-state index contributed by atoms with van der Waals surface area (Å²) in [6.07, 6.45) is 4.73. The predicted octanol–water partition coefficient (Wildman–Crippen LogP) is 1.73. The molecule has 19 heavy (non-hydrogen) atoms. The van der Waals surface area contributed by atoms with Crippen LogP contribution in [0.1, 0.15) is 17.3 Å². The van der Waals surface area contributed by atoms with Gasteiger partial charge >= 0.3 is 0 Å². The third-order valence-corrected chi connectivity index (χ3v) is 3.90. The number of anilines is 1. The minimum absolute atomic E-state index is 0.0363. The van der Waals surface area contributed by atoms with E-state index in [-0.39, 0.29) is 6.04 Å². The average molecular weight is 273 g/mol. The monoisotopic (exact) mass is 273 g/mol.